The van der Waals surface area contributed by atoms with E-state index >= 15 is 0 Å². The summed E-state index contributed by atoms with van der Waals surface area (Å²) in [5.41, 5.74) is 6.11. The highest BCUT2D eigenvalue weighted by atomic mass is 16.6. The van der Waals surface area contributed by atoms with Crippen molar-refractivity contribution in [1.82, 2.24) is 9.97 Å². The Balaban J connectivity index is 1.67. The molecule has 13 heteroatoms. The highest BCUT2D eigenvalue weighted by Gasteiger charge is 2.18. The Morgan fingerprint density at radius 2 is 1.76 bits per heavy atom. The number of hydrogen-bond acceptors (Lipinski definition) is 7. The number of rotatable bonds is 9. The van der Waals surface area contributed by atoms with Crippen LogP contribution in [0, 0.1) is 10.1 Å². The van der Waals surface area contributed by atoms with Gasteiger partial charge < -0.3 is 25.9 Å². The Bertz CT molecular complexity index is 1190. The van der Waals surface area contributed by atoms with Crippen LogP contribution >= 0.6 is 0 Å². The van der Waals surface area contributed by atoms with Gasteiger partial charge in [0.15, 0.2) is 12.3 Å². The molecule has 3 rings (SSSR count). The number of nitrogens with two attached hydrogens (primary N) is 1. The summed E-state index contributed by atoms with van der Waals surface area (Å²) in [6.07, 6.45) is 0.255. The number of imidazole rings is 1. The largest absolute Gasteiger partial charge is 0.482 e. The minimum atomic E-state index is -1.09. The normalized spacial score (nSPS) is 10.3. The Morgan fingerprint density at radius 3 is 2.33 bits per heavy atom. The van der Waals surface area contributed by atoms with E-state index in [9.17, 15) is 24.5 Å². The van der Waals surface area contributed by atoms with Crippen molar-refractivity contribution in [2.45, 2.75) is 6.42 Å². The van der Waals surface area contributed by atoms with Crippen LogP contribution in [0.15, 0.2) is 48.5 Å². The summed E-state index contributed by atoms with van der Waals surface area (Å²) >= 11 is 0. The van der Waals surface area contributed by atoms with Crippen molar-refractivity contribution in [3.63, 3.8) is 0 Å². The first kappa shape index (κ1) is 22.7. The molecule has 6 N–H and O–H groups in total. The van der Waals surface area contributed by atoms with Gasteiger partial charge in [-0.15, -0.1) is 0 Å². The Labute approximate surface area is 185 Å². The number of aromatic nitrogens is 2. The summed E-state index contributed by atoms with van der Waals surface area (Å²) in [6.45, 7) is -0.462. The lowest BCUT2D eigenvalue weighted by Gasteiger charge is -2.06. The van der Waals surface area contributed by atoms with Crippen LogP contribution in [0.4, 0.5) is 22.0 Å². The van der Waals surface area contributed by atoms with Gasteiger partial charge in [0.1, 0.15) is 17.4 Å². The van der Waals surface area contributed by atoms with Crippen LogP contribution in [-0.2, 0) is 11.2 Å². The Kier molecular flexibility index (Phi) is 6.83. The lowest BCUT2D eigenvalue weighted by molar-refractivity contribution is -0.384. The fraction of sp³-hybridized carbons (Fsp3) is 0.100. The third-order valence-electron chi connectivity index (χ3n) is 4.22. The SMILES string of the molecule is NC(=O)c1nc(Cc2ccc(OCC(=O)O)cc2)[nH]c1NC(=O)Nc1ccc([N+](=O)[O-])cc1. The zero-order valence-corrected chi connectivity index (χ0v) is 16.9. The van der Waals surface area contributed by atoms with Crippen molar-refractivity contribution in [2.75, 3.05) is 17.2 Å². The molecule has 0 aliphatic heterocycles. The predicted octanol–water partition coefficient (Wildman–Crippen LogP) is 2.11. The van der Waals surface area contributed by atoms with Crippen LogP contribution in [-0.4, -0.2) is 44.5 Å². The van der Waals surface area contributed by atoms with E-state index in [1.165, 1.54) is 24.3 Å². The summed E-state index contributed by atoms with van der Waals surface area (Å²) in [7, 11) is 0. The fourth-order valence-electron chi connectivity index (χ4n) is 2.76. The number of carboxylic acids is 1. The second-order valence-electron chi connectivity index (χ2n) is 6.66. The molecule has 3 aromatic rings. The van der Waals surface area contributed by atoms with Gasteiger partial charge in [-0.3, -0.25) is 20.2 Å². The molecule has 0 saturated carbocycles. The molecule has 13 nitrogen and oxygen atoms in total. The topological polar surface area (TPSA) is 203 Å². The number of amides is 3. The maximum absolute atomic E-state index is 12.3. The molecule has 0 fully saturated rings. The summed E-state index contributed by atoms with van der Waals surface area (Å²) in [5, 5.41) is 24.3. The number of ether oxygens (including phenoxy) is 1. The number of benzene rings is 2. The number of nitro groups is 1. The third-order valence-corrected chi connectivity index (χ3v) is 4.22. The number of aromatic amines is 1. The molecule has 0 spiro atoms. The smallest absolute Gasteiger partial charge is 0.341 e. The molecule has 0 aliphatic rings. The van der Waals surface area contributed by atoms with Gasteiger partial charge in [-0.1, -0.05) is 12.1 Å². The van der Waals surface area contributed by atoms with E-state index in [-0.39, 0.29) is 23.6 Å². The van der Waals surface area contributed by atoms with Crippen molar-refractivity contribution in [3.05, 3.63) is 75.7 Å². The average molecular weight is 454 g/mol. The molecule has 0 unspecified atom stereocenters. The summed E-state index contributed by atoms with van der Waals surface area (Å²) in [6, 6.07) is 11.0. The first-order chi connectivity index (χ1) is 15.7. The van der Waals surface area contributed by atoms with Crippen molar-refractivity contribution in [2.24, 2.45) is 5.73 Å². The highest BCUT2D eigenvalue weighted by Crippen LogP contribution is 2.19. The van der Waals surface area contributed by atoms with Crippen LogP contribution < -0.4 is 21.1 Å². The summed E-state index contributed by atoms with van der Waals surface area (Å²) < 4.78 is 5.07. The molecule has 0 aliphatic carbocycles. The quantitative estimate of drug-likeness (QED) is 0.239. The Hall–Kier alpha value is -4.94. The van der Waals surface area contributed by atoms with Gasteiger partial charge >= 0.3 is 12.0 Å². The number of non-ortho nitro benzene ring substituents is 1. The van der Waals surface area contributed by atoms with Crippen LogP contribution in [0.2, 0.25) is 0 Å². The van der Waals surface area contributed by atoms with Gasteiger partial charge in [0.2, 0.25) is 0 Å². The van der Waals surface area contributed by atoms with E-state index in [1.54, 1.807) is 24.3 Å². The van der Waals surface area contributed by atoms with Gasteiger partial charge in [-0.2, -0.15) is 0 Å². The average Bonchev–Trinajstić information content (AvgIpc) is 3.15. The number of nitro benzene ring substituents is 1. The van der Waals surface area contributed by atoms with Crippen molar-refractivity contribution in [1.29, 1.82) is 0 Å². The first-order valence-corrected chi connectivity index (χ1v) is 9.36. The predicted molar refractivity (Wildman–Crippen MR) is 115 cm³/mol. The number of anilines is 2. The zero-order valence-electron chi connectivity index (χ0n) is 16.9. The number of H-pyrrole nitrogens is 1. The lowest BCUT2D eigenvalue weighted by atomic mass is 10.1. The van der Waals surface area contributed by atoms with Gasteiger partial charge in [-0.05, 0) is 29.8 Å². The molecule has 170 valence electrons. The molecule has 0 radical (unpaired) electrons. The lowest BCUT2D eigenvalue weighted by Crippen LogP contribution is -2.22. The minimum absolute atomic E-state index is 0.0154. The first-order valence-electron chi connectivity index (χ1n) is 9.36. The minimum Gasteiger partial charge on any atom is -0.482 e. The number of hydrogen-bond donors (Lipinski definition) is 5. The van der Waals surface area contributed by atoms with E-state index in [0.717, 1.165) is 5.56 Å². The van der Waals surface area contributed by atoms with E-state index in [4.69, 9.17) is 15.6 Å². The van der Waals surface area contributed by atoms with Crippen molar-refractivity contribution in [3.8, 4) is 5.75 Å². The van der Waals surface area contributed by atoms with Crippen LogP contribution in [0.3, 0.4) is 0 Å². The molecule has 0 saturated heterocycles. The molecule has 1 aromatic heterocycles. The standard InChI is InChI=1S/C20H18N6O7/c21-18(29)17-19(25-20(30)22-12-3-5-13(6-4-12)26(31)32)24-15(23-17)9-11-1-7-14(8-2-11)33-10-16(27)28/h1-8H,9-10H2,(H2,21,29)(H,23,24)(H,27,28)(H2,22,25,30). The number of carbonyl (C=O) groups is 3. The van der Waals surface area contributed by atoms with E-state index in [1.807, 2.05) is 0 Å². The van der Waals surface area contributed by atoms with E-state index in [2.05, 4.69) is 20.6 Å². The monoisotopic (exact) mass is 454 g/mol. The van der Waals surface area contributed by atoms with Gasteiger partial charge in [-0.25, -0.2) is 14.6 Å². The molecule has 33 heavy (non-hydrogen) atoms. The molecular formula is C20H18N6O7. The number of primary amides is 1. The number of nitrogens with one attached hydrogen (secondary N) is 3. The number of aliphatic carboxylic acids is 1. The van der Waals surface area contributed by atoms with Gasteiger partial charge in [0.25, 0.3) is 11.6 Å². The Morgan fingerprint density at radius 1 is 1.09 bits per heavy atom. The number of carboxylic acid groups (broad SMARTS) is 1. The van der Waals surface area contributed by atoms with Gasteiger partial charge in [0.05, 0.1) is 4.92 Å². The zero-order chi connectivity index (χ0) is 24.0. The molecule has 0 bridgehead atoms. The maximum Gasteiger partial charge on any atom is 0.341 e. The van der Waals surface area contributed by atoms with Crippen LogP contribution in [0.5, 0.6) is 5.75 Å². The molecule has 2 aromatic carbocycles. The second-order valence-corrected chi connectivity index (χ2v) is 6.66. The van der Waals surface area contributed by atoms with Crippen LogP contribution in [0.25, 0.3) is 0 Å². The fourth-order valence-corrected chi connectivity index (χ4v) is 2.76. The van der Waals surface area contributed by atoms with Crippen molar-refractivity contribution < 1.29 is 29.2 Å². The molecular weight excluding hydrogens is 436 g/mol. The molecule has 0 atom stereocenters. The highest BCUT2D eigenvalue weighted by molar-refractivity contribution is 6.04. The number of urea groups is 1. The molecule has 3 amide bonds. The molecule has 1 heterocycles. The maximum atomic E-state index is 12.3. The van der Waals surface area contributed by atoms with E-state index < -0.39 is 29.4 Å². The van der Waals surface area contributed by atoms with Crippen LogP contribution in [0.1, 0.15) is 21.9 Å². The van der Waals surface area contributed by atoms with E-state index in [0.29, 0.717) is 17.3 Å². The second kappa shape index (κ2) is 9.91. The summed E-state index contributed by atoms with van der Waals surface area (Å²) in [4.78, 5) is 51.7. The number of carbonyl (C=O) groups excluding carboxylic acids is 2. The third kappa shape index (κ3) is 6.27. The summed E-state index contributed by atoms with van der Waals surface area (Å²) in [5.74, 6) is -1.25. The van der Waals surface area contributed by atoms with Gasteiger partial charge in [0, 0.05) is 24.2 Å². The van der Waals surface area contributed by atoms with Crippen molar-refractivity contribution >= 4 is 35.1 Å². The number of nitrogens with zero attached hydrogens (tertiary/aromatic N) is 2.